The molecule has 2 N–H and O–H groups in total. The first-order valence-corrected chi connectivity index (χ1v) is 16.2. The van der Waals surface area contributed by atoms with Crippen LogP contribution in [0.4, 0.5) is 4.79 Å². The number of hydrogen-bond acceptors (Lipinski definition) is 8. The molecular weight excluding hydrogens is 600 g/mol. The Bertz CT molecular complexity index is 1420. The maximum atomic E-state index is 13.5. The number of fused-ring (bicyclic) bond motifs is 1. The van der Waals surface area contributed by atoms with Crippen molar-refractivity contribution in [2.45, 2.75) is 102 Å². The summed E-state index contributed by atoms with van der Waals surface area (Å²) in [6, 6.07) is 28.1. The fourth-order valence-corrected chi connectivity index (χ4v) is 5.68. The second-order valence-corrected chi connectivity index (χ2v) is 13.0. The van der Waals surface area contributed by atoms with E-state index >= 15 is 0 Å². The van der Waals surface area contributed by atoms with Crippen molar-refractivity contribution in [2.75, 3.05) is 6.61 Å². The van der Waals surface area contributed by atoms with Gasteiger partial charge in [0.05, 0.1) is 13.2 Å². The number of ether oxygens (including phenoxy) is 6. The molecule has 2 aliphatic rings. The summed E-state index contributed by atoms with van der Waals surface area (Å²) in [5, 5.41) is 5.99. The molecule has 2 fully saturated rings. The van der Waals surface area contributed by atoms with E-state index in [1.807, 2.05) is 97.9 Å². The van der Waals surface area contributed by atoms with Crippen LogP contribution in [0.3, 0.4) is 0 Å². The fourth-order valence-electron chi connectivity index (χ4n) is 5.68. The van der Waals surface area contributed by atoms with Crippen molar-refractivity contribution in [2.24, 2.45) is 0 Å². The summed E-state index contributed by atoms with van der Waals surface area (Å²) < 4.78 is 37.5. The number of alkyl carbamates (subject to hydrolysis) is 1. The van der Waals surface area contributed by atoms with E-state index in [2.05, 4.69) is 10.6 Å². The van der Waals surface area contributed by atoms with Gasteiger partial charge in [0.25, 0.3) is 0 Å². The van der Waals surface area contributed by atoms with Gasteiger partial charge in [-0.3, -0.25) is 4.79 Å². The lowest BCUT2D eigenvalue weighted by Crippen LogP contribution is -2.68. The van der Waals surface area contributed by atoms with Gasteiger partial charge in [0, 0.05) is 11.6 Å². The molecule has 0 unspecified atom stereocenters. The Morgan fingerprint density at radius 2 is 1.49 bits per heavy atom. The van der Waals surface area contributed by atoms with Crippen LogP contribution in [0.15, 0.2) is 91.0 Å². The van der Waals surface area contributed by atoms with E-state index in [0.29, 0.717) is 6.42 Å². The van der Waals surface area contributed by atoms with Crippen LogP contribution in [-0.2, 0) is 46.2 Å². The highest BCUT2D eigenvalue weighted by Crippen LogP contribution is 2.36. The molecule has 2 amide bonds. The first kappa shape index (κ1) is 34.5. The van der Waals surface area contributed by atoms with E-state index in [-0.39, 0.29) is 25.2 Å². The predicted molar refractivity (Wildman–Crippen MR) is 175 cm³/mol. The van der Waals surface area contributed by atoms with Crippen molar-refractivity contribution in [1.29, 1.82) is 0 Å². The summed E-state index contributed by atoms with van der Waals surface area (Å²) in [6.07, 6.45) is -4.79. The zero-order chi connectivity index (χ0) is 33.4. The van der Waals surface area contributed by atoms with Crippen LogP contribution in [0.1, 0.15) is 57.6 Å². The van der Waals surface area contributed by atoms with Crippen molar-refractivity contribution in [3.05, 3.63) is 108 Å². The number of benzene rings is 3. The molecule has 0 aliphatic carbocycles. The summed E-state index contributed by atoms with van der Waals surface area (Å²) in [4.78, 5) is 26.7. The van der Waals surface area contributed by atoms with E-state index in [4.69, 9.17) is 28.4 Å². The SMILES string of the molecule is C[C@@H](Cc1ccccc1)NC(=O)[C@@H](C)O[C@@H]1[C@@H](NC(=O)OC(C)(C)C)[C@H](OCc2ccccc2)O[C@@H]2CO[C@@H](c3ccccc3)O[C@@H]12. The average Bonchev–Trinajstić information content (AvgIpc) is 3.05. The summed E-state index contributed by atoms with van der Waals surface area (Å²) in [5.41, 5.74) is 2.11. The molecule has 252 valence electrons. The lowest BCUT2D eigenvalue weighted by molar-refractivity contribution is -0.351. The summed E-state index contributed by atoms with van der Waals surface area (Å²) in [6.45, 7) is 9.39. The number of nitrogens with one attached hydrogen (secondary N) is 2. The van der Waals surface area contributed by atoms with Gasteiger partial charge in [-0.25, -0.2) is 4.79 Å². The third-order valence-corrected chi connectivity index (χ3v) is 7.85. The Morgan fingerprint density at radius 1 is 0.872 bits per heavy atom. The van der Waals surface area contributed by atoms with E-state index in [1.165, 1.54) is 0 Å². The second kappa shape index (κ2) is 15.9. The highest BCUT2D eigenvalue weighted by atomic mass is 16.8. The first-order chi connectivity index (χ1) is 22.6. The zero-order valence-corrected chi connectivity index (χ0v) is 27.7. The third kappa shape index (κ3) is 9.85. The van der Waals surface area contributed by atoms with Gasteiger partial charge in [0.2, 0.25) is 5.91 Å². The number of carbonyl (C=O) groups is 2. The minimum Gasteiger partial charge on any atom is -0.444 e. The smallest absolute Gasteiger partial charge is 0.408 e. The number of amides is 2. The average molecular weight is 647 g/mol. The van der Waals surface area contributed by atoms with Gasteiger partial charge < -0.3 is 39.1 Å². The van der Waals surface area contributed by atoms with Crippen molar-refractivity contribution >= 4 is 12.0 Å². The van der Waals surface area contributed by atoms with Gasteiger partial charge in [-0.2, -0.15) is 0 Å². The molecule has 0 saturated carbocycles. The molecule has 5 rings (SSSR count). The Labute approximate surface area is 277 Å². The van der Waals surface area contributed by atoms with Crippen LogP contribution in [0.25, 0.3) is 0 Å². The molecular formula is C37H46N2O8. The monoisotopic (exact) mass is 646 g/mol. The molecule has 8 atom stereocenters. The molecule has 47 heavy (non-hydrogen) atoms. The number of hydrogen-bond donors (Lipinski definition) is 2. The standard InChI is InChI=1S/C37H46N2O8/c1-24(21-26-15-9-6-10-16-26)38-33(40)25(2)44-32-30(39-36(41)47-37(3,4)5)35(42-22-27-17-11-7-12-18-27)45-29-23-43-34(46-31(29)32)28-19-13-8-14-20-28/h6-20,24-25,29-32,34-35H,21-23H2,1-5H3,(H,38,40)(H,39,41)/t24-,25+,29+,30+,31+,32+,34+,35+/m0/s1. The molecule has 3 aromatic rings. The Kier molecular flexibility index (Phi) is 11.7. The minimum absolute atomic E-state index is 0.141. The molecule has 2 saturated heterocycles. The Hall–Kier alpha value is -3.80. The van der Waals surface area contributed by atoms with Crippen molar-refractivity contribution in [1.82, 2.24) is 10.6 Å². The van der Waals surface area contributed by atoms with Crippen molar-refractivity contribution in [3.8, 4) is 0 Å². The fraction of sp³-hybridized carbons (Fsp3) is 0.459. The molecule has 10 heteroatoms. The molecule has 2 heterocycles. The van der Waals surface area contributed by atoms with E-state index in [0.717, 1.165) is 16.7 Å². The van der Waals surface area contributed by atoms with Crippen LogP contribution in [-0.4, -0.2) is 67.0 Å². The van der Waals surface area contributed by atoms with Crippen molar-refractivity contribution in [3.63, 3.8) is 0 Å². The van der Waals surface area contributed by atoms with Crippen LogP contribution in [0.5, 0.6) is 0 Å². The molecule has 0 spiro atoms. The topological polar surface area (TPSA) is 114 Å². The van der Waals surface area contributed by atoms with Crippen LogP contribution < -0.4 is 10.6 Å². The van der Waals surface area contributed by atoms with Gasteiger partial charge in [-0.15, -0.1) is 0 Å². The third-order valence-electron chi connectivity index (χ3n) is 7.85. The molecule has 2 aliphatic heterocycles. The van der Waals surface area contributed by atoms with Crippen LogP contribution in [0.2, 0.25) is 0 Å². The van der Waals surface area contributed by atoms with E-state index < -0.39 is 54.7 Å². The Balaban J connectivity index is 1.40. The van der Waals surface area contributed by atoms with Gasteiger partial charge >= 0.3 is 6.09 Å². The van der Waals surface area contributed by atoms with Gasteiger partial charge in [-0.1, -0.05) is 91.0 Å². The quantitative estimate of drug-likeness (QED) is 0.283. The second-order valence-electron chi connectivity index (χ2n) is 13.0. The van der Waals surface area contributed by atoms with Crippen molar-refractivity contribution < 1.29 is 38.0 Å². The molecule has 0 radical (unpaired) electrons. The number of carbonyl (C=O) groups excluding carboxylic acids is 2. The first-order valence-electron chi connectivity index (χ1n) is 16.2. The largest absolute Gasteiger partial charge is 0.444 e. The summed E-state index contributed by atoms with van der Waals surface area (Å²) in [5.74, 6) is -0.291. The molecule has 0 aromatic heterocycles. The maximum Gasteiger partial charge on any atom is 0.408 e. The molecule has 3 aromatic carbocycles. The van der Waals surface area contributed by atoms with E-state index in [1.54, 1.807) is 27.7 Å². The highest BCUT2D eigenvalue weighted by Gasteiger charge is 2.53. The lowest BCUT2D eigenvalue weighted by Gasteiger charge is -2.49. The minimum atomic E-state index is -0.971. The zero-order valence-electron chi connectivity index (χ0n) is 27.7. The lowest BCUT2D eigenvalue weighted by atomic mass is 9.95. The van der Waals surface area contributed by atoms with Crippen LogP contribution in [0, 0.1) is 0 Å². The summed E-state index contributed by atoms with van der Waals surface area (Å²) in [7, 11) is 0. The normalized spacial score (nSPS) is 25.6. The summed E-state index contributed by atoms with van der Waals surface area (Å²) >= 11 is 0. The number of rotatable bonds is 11. The molecule has 0 bridgehead atoms. The van der Waals surface area contributed by atoms with Crippen LogP contribution >= 0.6 is 0 Å². The highest BCUT2D eigenvalue weighted by molar-refractivity contribution is 5.80. The van der Waals surface area contributed by atoms with Gasteiger partial charge in [0.15, 0.2) is 12.6 Å². The predicted octanol–water partition coefficient (Wildman–Crippen LogP) is 5.46. The van der Waals surface area contributed by atoms with Gasteiger partial charge in [-0.05, 0) is 52.2 Å². The van der Waals surface area contributed by atoms with Gasteiger partial charge in [0.1, 0.15) is 36.1 Å². The Morgan fingerprint density at radius 3 is 2.13 bits per heavy atom. The molecule has 10 nitrogen and oxygen atoms in total. The maximum absolute atomic E-state index is 13.5. The van der Waals surface area contributed by atoms with E-state index in [9.17, 15) is 9.59 Å².